The lowest BCUT2D eigenvalue weighted by Crippen LogP contribution is -2.30. The molecule has 4 nitrogen and oxygen atoms in total. The molecule has 0 saturated carbocycles. The maximum Gasteiger partial charge on any atom is 0.119 e. The Morgan fingerprint density at radius 3 is 2.52 bits per heavy atom. The highest BCUT2D eigenvalue weighted by Crippen LogP contribution is 2.24. The summed E-state index contributed by atoms with van der Waals surface area (Å²) in [6.07, 6.45) is 2.87. The number of nitrogens with one attached hydrogen (secondary N) is 1. The van der Waals surface area contributed by atoms with E-state index in [-0.39, 0.29) is 6.04 Å². The monoisotopic (exact) mass is 285 g/mol. The third-order valence-corrected chi connectivity index (χ3v) is 3.38. The van der Waals surface area contributed by atoms with E-state index in [1.807, 2.05) is 37.4 Å². The maximum absolute atomic E-state index is 5.74. The van der Waals surface area contributed by atoms with Gasteiger partial charge in [0.05, 0.1) is 18.3 Å². The molecule has 112 valence electrons. The van der Waals surface area contributed by atoms with Crippen LogP contribution < -0.4 is 16.0 Å². The summed E-state index contributed by atoms with van der Waals surface area (Å²) in [5.41, 5.74) is 7.15. The molecule has 0 aliphatic carbocycles. The van der Waals surface area contributed by atoms with Gasteiger partial charge in [0.15, 0.2) is 0 Å². The standard InChI is InChI=1S/C17H23N3O/c1-4-9-21-15-7-5-14(6-8-15)17(20-18)16-13(3)10-12(2)11-19-16/h5-8,10-11,17,20H,4,9,18H2,1-3H3. The first-order chi connectivity index (χ1) is 10.2. The fourth-order valence-corrected chi connectivity index (χ4v) is 2.34. The van der Waals surface area contributed by atoms with Crippen molar-refractivity contribution in [1.82, 2.24) is 10.4 Å². The van der Waals surface area contributed by atoms with Crippen LogP contribution >= 0.6 is 0 Å². The zero-order valence-corrected chi connectivity index (χ0v) is 12.9. The molecule has 3 N–H and O–H groups in total. The number of hydrazine groups is 1. The van der Waals surface area contributed by atoms with Gasteiger partial charge in [0.1, 0.15) is 5.75 Å². The lowest BCUT2D eigenvalue weighted by molar-refractivity contribution is 0.317. The third-order valence-electron chi connectivity index (χ3n) is 3.38. The number of nitrogens with two attached hydrogens (primary N) is 1. The summed E-state index contributed by atoms with van der Waals surface area (Å²) in [6.45, 7) is 6.91. The van der Waals surface area contributed by atoms with Crippen molar-refractivity contribution >= 4 is 0 Å². The van der Waals surface area contributed by atoms with Crippen LogP contribution in [0.5, 0.6) is 5.75 Å². The first-order valence-electron chi connectivity index (χ1n) is 7.27. The van der Waals surface area contributed by atoms with Gasteiger partial charge in [-0.05, 0) is 49.1 Å². The van der Waals surface area contributed by atoms with Gasteiger partial charge in [-0.15, -0.1) is 0 Å². The molecule has 0 spiro atoms. The average molecular weight is 285 g/mol. The van der Waals surface area contributed by atoms with Gasteiger partial charge in [0, 0.05) is 6.20 Å². The highest BCUT2D eigenvalue weighted by molar-refractivity contribution is 5.36. The molecule has 2 rings (SSSR count). The van der Waals surface area contributed by atoms with Crippen molar-refractivity contribution in [2.45, 2.75) is 33.2 Å². The lowest BCUT2D eigenvalue weighted by Gasteiger charge is -2.18. The molecule has 2 aromatic rings. The van der Waals surface area contributed by atoms with Crippen molar-refractivity contribution in [2.24, 2.45) is 5.84 Å². The van der Waals surface area contributed by atoms with Crippen molar-refractivity contribution in [3.63, 3.8) is 0 Å². The molecule has 0 bridgehead atoms. The minimum absolute atomic E-state index is 0.120. The summed E-state index contributed by atoms with van der Waals surface area (Å²) in [7, 11) is 0. The highest BCUT2D eigenvalue weighted by Gasteiger charge is 2.16. The second-order valence-electron chi connectivity index (χ2n) is 5.23. The van der Waals surface area contributed by atoms with E-state index >= 15 is 0 Å². The first kappa shape index (κ1) is 15.5. The number of pyridine rings is 1. The van der Waals surface area contributed by atoms with Gasteiger partial charge in [0.25, 0.3) is 0 Å². The molecule has 0 aliphatic heterocycles. The molecular weight excluding hydrogens is 262 g/mol. The van der Waals surface area contributed by atoms with Crippen molar-refractivity contribution < 1.29 is 4.74 Å². The molecule has 0 radical (unpaired) electrons. The molecule has 0 fully saturated rings. The molecule has 1 aromatic carbocycles. The normalized spacial score (nSPS) is 12.2. The van der Waals surface area contributed by atoms with Crippen LogP contribution in [0.4, 0.5) is 0 Å². The van der Waals surface area contributed by atoms with E-state index in [9.17, 15) is 0 Å². The molecule has 0 amide bonds. The van der Waals surface area contributed by atoms with Gasteiger partial charge in [-0.3, -0.25) is 10.8 Å². The Hall–Kier alpha value is -1.91. The minimum atomic E-state index is -0.120. The SMILES string of the molecule is CCCOc1ccc(C(NN)c2ncc(C)cc2C)cc1. The maximum atomic E-state index is 5.74. The van der Waals surface area contributed by atoms with Crippen LogP contribution in [0.1, 0.15) is 41.8 Å². The quantitative estimate of drug-likeness (QED) is 0.632. The zero-order chi connectivity index (χ0) is 15.2. The Bertz CT molecular complexity index is 581. The Balaban J connectivity index is 2.24. The van der Waals surface area contributed by atoms with E-state index < -0.39 is 0 Å². The largest absolute Gasteiger partial charge is 0.494 e. The third kappa shape index (κ3) is 3.80. The highest BCUT2D eigenvalue weighted by atomic mass is 16.5. The number of aromatic nitrogens is 1. The smallest absolute Gasteiger partial charge is 0.119 e. The van der Waals surface area contributed by atoms with Gasteiger partial charge >= 0.3 is 0 Å². The van der Waals surface area contributed by atoms with Crippen molar-refractivity contribution in [1.29, 1.82) is 0 Å². The van der Waals surface area contributed by atoms with Crippen molar-refractivity contribution in [2.75, 3.05) is 6.61 Å². The summed E-state index contributed by atoms with van der Waals surface area (Å²) in [5, 5.41) is 0. The Morgan fingerprint density at radius 1 is 1.24 bits per heavy atom. The predicted molar refractivity (Wildman–Crippen MR) is 85.1 cm³/mol. The number of hydrogen-bond donors (Lipinski definition) is 2. The summed E-state index contributed by atoms with van der Waals surface area (Å²) in [4.78, 5) is 4.52. The van der Waals surface area contributed by atoms with Gasteiger partial charge in [-0.2, -0.15) is 0 Å². The molecule has 1 heterocycles. The molecule has 0 aliphatic rings. The second-order valence-corrected chi connectivity index (χ2v) is 5.23. The summed E-state index contributed by atoms with van der Waals surface area (Å²) < 4.78 is 5.60. The van der Waals surface area contributed by atoms with E-state index in [0.29, 0.717) is 0 Å². The van der Waals surface area contributed by atoms with Gasteiger partial charge in [0.2, 0.25) is 0 Å². The first-order valence-corrected chi connectivity index (χ1v) is 7.27. The van der Waals surface area contributed by atoms with Crippen molar-refractivity contribution in [3.8, 4) is 5.75 Å². The van der Waals surface area contributed by atoms with E-state index in [1.54, 1.807) is 0 Å². The number of hydrogen-bond acceptors (Lipinski definition) is 4. The van der Waals surface area contributed by atoms with Gasteiger partial charge in [-0.1, -0.05) is 25.1 Å². The zero-order valence-electron chi connectivity index (χ0n) is 12.9. The van der Waals surface area contributed by atoms with E-state index in [2.05, 4.69) is 30.3 Å². The summed E-state index contributed by atoms with van der Waals surface area (Å²) in [6, 6.07) is 9.99. The van der Waals surface area contributed by atoms with Crippen LogP contribution in [0.25, 0.3) is 0 Å². The summed E-state index contributed by atoms with van der Waals surface area (Å²) in [5.74, 6) is 6.62. The van der Waals surface area contributed by atoms with E-state index in [4.69, 9.17) is 10.6 Å². The van der Waals surface area contributed by atoms with Crippen LogP contribution in [-0.2, 0) is 0 Å². The Kier molecular flexibility index (Phi) is 5.31. The van der Waals surface area contributed by atoms with Crippen LogP contribution in [0.2, 0.25) is 0 Å². The van der Waals surface area contributed by atoms with Crippen LogP contribution in [0.3, 0.4) is 0 Å². The molecule has 0 saturated heterocycles. The fourth-order valence-electron chi connectivity index (χ4n) is 2.34. The molecule has 21 heavy (non-hydrogen) atoms. The average Bonchev–Trinajstić information content (AvgIpc) is 2.49. The number of nitrogens with zero attached hydrogens (tertiary/aromatic N) is 1. The summed E-state index contributed by atoms with van der Waals surface area (Å²) >= 11 is 0. The molecule has 1 aromatic heterocycles. The van der Waals surface area contributed by atoms with E-state index in [0.717, 1.165) is 41.2 Å². The predicted octanol–water partition coefficient (Wildman–Crippen LogP) is 3.04. The van der Waals surface area contributed by atoms with E-state index in [1.165, 1.54) is 0 Å². The lowest BCUT2D eigenvalue weighted by atomic mass is 9.99. The van der Waals surface area contributed by atoms with Crippen molar-refractivity contribution in [3.05, 3.63) is 58.9 Å². The van der Waals surface area contributed by atoms with Crippen LogP contribution in [0.15, 0.2) is 36.5 Å². The number of rotatable bonds is 6. The van der Waals surface area contributed by atoms with Gasteiger partial charge < -0.3 is 4.74 Å². The minimum Gasteiger partial charge on any atom is -0.494 e. The fraction of sp³-hybridized carbons (Fsp3) is 0.353. The molecular formula is C17H23N3O. The van der Waals surface area contributed by atoms with Crippen LogP contribution in [0, 0.1) is 13.8 Å². The molecule has 4 heteroatoms. The number of benzene rings is 1. The van der Waals surface area contributed by atoms with Gasteiger partial charge in [-0.25, -0.2) is 5.43 Å². The topological polar surface area (TPSA) is 60.2 Å². The number of aryl methyl sites for hydroxylation is 2. The Morgan fingerprint density at radius 2 is 1.95 bits per heavy atom. The molecule has 1 unspecified atom stereocenters. The molecule has 1 atom stereocenters. The van der Waals surface area contributed by atoms with Crippen LogP contribution in [-0.4, -0.2) is 11.6 Å². The Labute approximate surface area is 126 Å². The number of ether oxygens (including phenoxy) is 1. The second kappa shape index (κ2) is 7.20.